The van der Waals surface area contributed by atoms with Gasteiger partial charge in [-0.25, -0.2) is 4.39 Å². The molecule has 4 nitrogen and oxygen atoms in total. The molecule has 1 saturated heterocycles. The highest BCUT2D eigenvalue weighted by Gasteiger charge is 2.26. The van der Waals surface area contributed by atoms with E-state index in [0.717, 1.165) is 18.9 Å². The van der Waals surface area contributed by atoms with Gasteiger partial charge in [0, 0.05) is 24.2 Å². The number of carbonyl (C=O) groups excluding carboxylic acids is 1. The summed E-state index contributed by atoms with van der Waals surface area (Å²) in [7, 11) is 0. The third kappa shape index (κ3) is 3.06. The van der Waals surface area contributed by atoms with Gasteiger partial charge in [0.2, 0.25) is 0 Å². The van der Waals surface area contributed by atoms with E-state index in [4.69, 9.17) is 5.11 Å². The number of amides is 1. The molecule has 1 atom stereocenters. The molecule has 0 aromatic heterocycles. The Morgan fingerprint density at radius 1 is 1.53 bits per heavy atom. The van der Waals surface area contributed by atoms with E-state index in [2.05, 4.69) is 15.9 Å². The molecular weight excluding hydrogens is 317 g/mol. The van der Waals surface area contributed by atoms with Crippen molar-refractivity contribution < 1.29 is 19.4 Å². The molecule has 0 bridgehead atoms. The number of phenolic OH excluding ortho intramolecular Hbond substituents is 1. The molecule has 1 heterocycles. The topological polar surface area (TPSA) is 60.8 Å². The van der Waals surface area contributed by atoms with E-state index in [0.29, 0.717) is 17.6 Å². The SMILES string of the molecule is O=C(c1cc(F)c(O)cc1Br)N1CCCC(CO)C1. The second kappa shape index (κ2) is 5.88. The van der Waals surface area contributed by atoms with E-state index in [1.165, 1.54) is 6.07 Å². The quantitative estimate of drug-likeness (QED) is 0.872. The van der Waals surface area contributed by atoms with Crippen LogP contribution in [-0.2, 0) is 0 Å². The van der Waals surface area contributed by atoms with Gasteiger partial charge in [-0.2, -0.15) is 0 Å². The fourth-order valence-electron chi connectivity index (χ4n) is 2.27. The molecule has 104 valence electrons. The van der Waals surface area contributed by atoms with Crippen molar-refractivity contribution in [3.8, 4) is 5.75 Å². The molecular formula is C13H15BrFNO3. The minimum absolute atomic E-state index is 0.0505. The third-order valence-electron chi connectivity index (χ3n) is 3.33. The number of rotatable bonds is 2. The Morgan fingerprint density at radius 3 is 2.95 bits per heavy atom. The Labute approximate surface area is 119 Å². The van der Waals surface area contributed by atoms with Crippen molar-refractivity contribution >= 4 is 21.8 Å². The van der Waals surface area contributed by atoms with Gasteiger partial charge in [0.05, 0.1) is 5.56 Å². The zero-order valence-corrected chi connectivity index (χ0v) is 11.9. The summed E-state index contributed by atoms with van der Waals surface area (Å²) in [5, 5.41) is 18.4. The van der Waals surface area contributed by atoms with Crippen LogP contribution in [-0.4, -0.2) is 40.7 Å². The summed E-state index contributed by atoms with van der Waals surface area (Å²) in [6.45, 7) is 1.13. The van der Waals surface area contributed by atoms with Crippen molar-refractivity contribution in [1.82, 2.24) is 4.90 Å². The molecule has 1 unspecified atom stereocenters. The van der Waals surface area contributed by atoms with Gasteiger partial charge < -0.3 is 15.1 Å². The van der Waals surface area contributed by atoms with Gasteiger partial charge in [-0.15, -0.1) is 0 Å². The molecule has 0 spiro atoms. The summed E-state index contributed by atoms with van der Waals surface area (Å²) < 4.78 is 13.7. The first-order valence-corrected chi connectivity index (χ1v) is 6.90. The van der Waals surface area contributed by atoms with Crippen molar-refractivity contribution in [3.05, 3.63) is 28.0 Å². The third-order valence-corrected chi connectivity index (χ3v) is 3.99. The maximum Gasteiger partial charge on any atom is 0.255 e. The fourth-order valence-corrected chi connectivity index (χ4v) is 2.77. The Bertz CT molecular complexity index is 495. The maximum absolute atomic E-state index is 13.3. The molecule has 0 aliphatic carbocycles. The lowest BCUT2D eigenvalue weighted by atomic mass is 9.98. The van der Waals surface area contributed by atoms with Crippen LogP contribution >= 0.6 is 15.9 Å². The minimum atomic E-state index is -0.817. The molecule has 2 rings (SSSR count). The molecule has 19 heavy (non-hydrogen) atoms. The molecule has 1 aliphatic rings. The smallest absolute Gasteiger partial charge is 0.255 e. The number of benzene rings is 1. The van der Waals surface area contributed by atoms with Gasteiger partial charge in [-0.1, -0.05) is 0 Å². The van der Waals surface area contributed by atoms with Gasteiger partial charge in [0.15, 0.2) is 11.6 Å². The molecule has 0 radical (unpaired) electrons. The molecule has 1 amide bonds. The van der Waals surface area contributed by atoms with Crippen LogP contribution in [0, 0.1) is 11.7 Å². The standard InChI is InChI=1S/C13H15BrFNO3/c14-10-5-12(18)11(15)4-9(10)13(19)16-3-1-2-8(6-16)7-17/h4-5,8,17-18H,1-3,6-7H2. The van der Waals surface area contributed by atoms with Crippen LogP contribution in [0.3, 0.4) is 0 Å². The summed E-state index contributed by atoms with van der Waals surface area (Å²) in [6, 6.07) is 2.21. The summed E-state index contributed by atoms with van der Waals surface area (Å²) in [6.07, 6.45) is 1.72. The predicted molar refractivity (Wildman–Crippen MR) is 71.5 cm³/mol. The largest absolute Gasteiger partial charge is 0.505 e. The molecule has 1 aromatic carbocycles. The monoisotopic (exact) mass is 331 g/mol. The Kier molecular flexibility index (Phi) is 4.42. The molecule has 1 aromatic rings. The molecule has 2 N–H and O–H groups in total. The molecule has 1 fully saturated rings. The number of halogens is 2. The van der Waals surface area contributed by atoms with E-state index in [9.17, 15) is 14.3 Å². The van der Waals surface area contributed by atoms with E-state index in [1.54, 1.807) is 4.90 Å². The summed E-state index contributed by atoms with van der Waals surface area (Å²) >= 11 is 3.16. The van der Waals surface area contributed by atoms with Gasteiger partial charge in [0.25, 0.3) is 5.91 Å². The summed E-state index contributed by atoms with van der Waals surface area (Å²) in [4.78, 5) is 13.9. The van der Waals surface area contributed by atoms with Gasteiger partial charge >= 0.3 is 0 Å². The van der Waals surface area contributed by atoms with Gasteiger partial charge in [0.1, 0.15) is 0 Å². The van der Waals surface area contributed by atoms with E-state index in [-0.39, 0.29) is 24.0 Å². The van der Waals surface area contributed by atoms with Crippen LogP contribution in [0.4, 0.5) is 4.39 Å². The summed E-state index contributed by atoms with van der Waals surface area (Å²) in [5.41, 5.74) is 0.189. The number of aromatic hydroxyl groups is 1. The minimum Gasteiger partial charge on any atom is -0.505 e. The number of phenols is 1. The van der Waals surface area contributed by atoms with Crippen LogP contribution in [0.5, 0.6) is 5.75 Å². The van der Waals surface area contributed by atoms with Crippen molar-refractivity contribution in [2.75, 3.05) is 19.7 Å². The van der Waals surface area contributed by atoms with Crippen molar-refractivity contribution in [1.29, 1.82) is 0 Å². The predicted octanol–water partition coefficient (Wildman–Crippen LogP) is 2.14. The lowest BCUT2D eigenvalue weighted by molar-refractivity contribution is 0.0619. The molecule has 6 heteroatoms. The average molecular weight is 332 g/mol. The van der Waals surface area contributed by atoms with Gasteiger partial charge in [-0.05, 0) is 46.8 Å². The first-order valence-electron chi connectivity index (χ1n) is 6.11. The number of nitrogens with zero attached hydrogens (tertiary/aromatic N) is 1. The highest BCUT2D eigenvalue weighted by atomic mass is 79.9. The summed E-state index contributed by atoms with van der Waals surface area (Å²) in [5.74, 6) is -1.51. The number of piperidine rings is 1. The van der Waals surface area contributed by atoms with Crippen LogP contribution in [0.15, 0.2) is 16.6 Å². The Hall–Kier alpha value is -1.14. The van der Waals surface area contributed by atoms with Crippen LogP contribution < -0.4 is 0 Å². The van der Waals surface area contributed by atoms with E-state index >= 15 is 0 Å². The number of hydrogen-bond donors (Lipinski definition) is 2. The second-order valence-electron chi connectivity index (χ2n) is 4.73. The van der Waals surface area contributed by atoms with Crippen molar-refractivity contribution in [2.45, 2.75) is 12.8 Å². The Morgan fingerprint density at radius 2 is 2.26 bits per heavy atom. The van der Waals surface area contributed by atoms with Crippen LogP contribution in [0.2, 0.25) is 0 Å². The number of hydrogen-bond acceptors (Lipinski definition) is 3. The van der Waals surface area contributed by atoms with Crippen LogP contribution in [0.25, 0.3) is 0 Å². The molecule has 1 aliphatic heterocycles. The van der Waals surface area contributed by atoms with Crippen molar-refractivity contribution in [3.63, 3.8) is 0 Å². The van der Waals surface area contributed by atoms with Crippen molar-refractivity contribution in [2.24, 2.45) is 5.92 Å². The highest BCUT2D eigenvalue weighted by Crippen LogP contribution is 2.28. The average Bonchev–Trinajstić information content (AvgIpc) is 2.42. The number of carbonyl (C=O) groups is 1. The normalized spacial score (nSPS) is 19.5. The number of aliphatic hydroxyl groups excluding tert-OH is 1. The highest BCUT2D eigenvalue weighted by molar-refractivity contribution is 9.10. The van der Waals surface area contributed by atoms with Crippen LogP contribution in [0.1, 0.15) is 23.2 Å². The number of likely N-dealkylation sites (tertiary alicyclic amines) is 1. The zero-order valence-electron chi connectivity index (χ0n) is 10.3. The second-order valence-corrected chi connectivity index (χ2v) is 5.58. The van der Waals surface area contributed by atoms with Gasteiger partial charge in [-0.3, -0.25) is 4.79 Å². The zero-order chi connectivity index (χ0) is 14.0. The first-order chi connectivity index (χ1) is 9.02. The lowest BCUT2D eigenvalue weighted by Crippen LogP contribution is -2.41. The Balaban J connectivity index is 2.22. The maximum atomic E-state index is 13.3. The van der Waals surface area contributed by atoms with E-state index in [1.807, 2.05) is 0 Å². The first kappa shape index (κ1) is 14.3. The van der Waals surface area contributed by atoms with E-state index < -0.39 is 11.6 Å². The molecule has 0 saturated carbocycles. The lowest BCUT2D eigenvalue weighted by Gasteiger charge is -2.32. The number of aliphatic hydroxyl groups is 1. The fraction of sp³-hybridized carbons (Fsp3) is 0.462.